The van der Waals surface area contributed by atoms with E-state index in [4.69, 9.17) is 4.42 Å². The zero-order valence-electron chi connectivity index (χ0n) is 15.6. The number of benzene rings is 2. The first-order chi connectivity index (χ1) is 12.5. The van der Waals surface area contributed by atoms with Crippen molar-refractivity contribution in [2.75, 3.05) is 5.32 Å². The molecule has 0 radical (unpaired) electrons. The van der Waals surface area contributed by atoms with Crippen LogP contribution in [0.25, 0.3) is 11.3 Å². The van der Waals surface area contributed by atoms with Crippen molar-refractivity contribution in [3.05, 3.63) is 77.6 Å². The SMILES string of the molecule is Cc1ccc(-c2ccc(CCC(=O)Nc3ccc(C(C)C)cc3)o2)cc1. The van der Waals surface area contributed by atoms with Crippen molar-refractivity contribution in [1.29, 1.82) is 0 Å². The lowest BCUT2D eigenvalue weighted by Gasteiger charge is -2.08. The molecule has 3 aromatic rings. The number of aryl methyl sites for hydroxylation is 2. The molecule has 26 heavy (non-hydrogen) atoms. The van der Waals surface area contributed by atoms with Crippen molar-refractivity contribution in [2.45, 2.75) is 39.5 Å². The van der Waals surface area contributed by atoms with Gasteiger partial charge in [-0.05, 0) is 42.7 Å². The lowest BCUT2D eigenvalue weighted by atomic mass is 10.0. The van der Waals surface area contributed by atoms with Crippen molar-refractivity contribution >= 4 is 11.6 Å². The van der Waals surface area contributed by atoms with E-state index in [9.17, 15) is 4.79 Å². The molecule has 0 atom stereocenters. The van der Waals surface area contributed by atoms with Gasteiger partial charge in [0.15, 0.2) is 0 Å². The Balaban J connectivity index is 1.54. The zero-order valence-corrected chi connectivity index (χ0v) is 15.6. The van der Waals surface area contributed by atoms with Gasteiger partial charge in [0.25, 0.3) is 0 Å². The van der Waals surface area contributed by atoms with Crippen LogP contribution in [0.15, 0.2) is 65.1 Å². The molecule has 3 rings (SSSR count). The molecule has 2 aromatic carbocycles. The van der Waals surface area contributed by atoms with E-state index in [1.807, 2.05) is 36.4 Å². The van der Waals surface area contributed by atoms with E-state index in [1.54, 1.807) is 0 Å². The second-order valence-corrected chi connectivity index (χ2v) is 6.96. The maximum atomic E-state index is 12.2. The van der Waals surface area contributed by atoms with E-state index < -0.39 is 0 Å². The van der Waals surface area contributed by atoms with Gasteiger partial charge in [0.05, 0.1) is 0 Å². The van der Waals surface area contributed by atoms with Crippen molar-refractivity contribution < 1.29 is 9.21 Å². The average molecular weight is 347 g/mol. The second-order valence-electron chi connectivity index (χ2n) is 6.96. The number of rotatable bonds is 6. The number of amides is 1. The molecule has 0 aliphatic heterocycles. The first-order valence-corrected chi connectivity index (χ1v) is 9.07. The molecule has 3 heteroatoms. The standard InChI is InChI=1S/C23H25NO2/c1-16(2)18-8-10-20(11-9-18)24-23(25)15-13-21-12-14-22(26-21)19-6-4-17(3)5-7-19/h4-12,14,16H,13,15H2,1-3H3,(H,24,25). The van der Waals surface area contributed by atoms with Gasteiger partial charge in [-0.3, -0.25) is 4.79 Å². The lowest BCUT2D eigenvalue weighted by Crippen LogP contribution is -2.12. The number of carbonyl (C=O) groups excluding carboxylic acids is 1. The monoisotopic (exact) mass is 347 g/mol. The molecule has 0 aliphatic rings. The molecule has 3 nitrogen and oxygen atoms in total. The molecule has 0 unspecified atom stereocenters. The predicted octanol–water partition coefficient (Wildman–Crippen LogP) is 5.95. The maximum absolute atomic E-state index is 12.2. The van der Waals surface area contributed by atoms with Crippen LogP contribution in [-0.4, -0.2) is 5.91 Å². The Morgan fingerprint density at radius 1 is 0.962 bits per heavy atom. The number of anilines is 1. The summed E-state index contributed by atoms with van der Waals surface area (Å²) in [6.45, 7) is 6.37. The largest absolute Gasteiger partial charge is 0.461 e. The third-order valence-electron chi connectivity index (χ3n) is 4.46. The van der Waals surface area contributed by atoms with Gasteiger partial charge in [0.1, 0.15) is 11.5 Å². The van der Waals surface area contributed by atoms with Gasteiger partial charge in [-0.1, -0.05) is 55.8 Å². The number of hydrogen-bond acceptors (Lipinski definition) is 2. The van der Waals surface area contributed by atoms with Gasteiger partial charge in [0, 0.05) is 24.1 Å². The van der Waals surface area contributed by atoms with Gasteiger partial charge in [-0.15, -0.1) is 0 Å². The number of hydrogen-bond donors (Lipinski definition) is 1. The van der Waals surface area contributed by atoms with Crippen LogP contribution in [0.2, 0.25) is 0 Å². The fourth-order valence-electron chi connectivity index (χ4n) is 2.80. The number of nitrogens with one attached hydrogen (secondary N) is 1. The van der Waals surface area contributed by atoms with E-state index >= 15 is 0 Å². The molecule has 0 fully saturated rings. The highest BCUT2D eigenvalue weighted by Gasteiger charge is 2.08. The molecule has 0 bridgehead atoms. The van der Waals surface area contributed by atoms with Crippen LogP contribution in [-0.2, 0) is 11.2 Å². The first kappa shape index (κ1) is 18.0. The van der Waals surface area contributed by atoms with Crippen LogP contribution < -0.4 is 5.32 Å². The molecular formula is C23H25NO2. The highest BCUT2D eigenvalue weighted by molar-refractivity contribution is 5.90. The minimum atomic E-state index is -0.00409. The quantitative estimate of drug-likeness (QED) is 0.598. The Bertz CT molecular complexity index is 858. The molecule has 134 valence electrons. The third-order valence-corrected chi connectivity index (χ3v) is 4.46. The van der Waals surface area contributed by atoms with Gasteiger partial charge < -0.3 is 9.73 Å². The minimum absolute atomic E-state index is 0.00409. The van der Waals surface area contributed by atoms with Crippen LogP contribution in [0.1, 0.15) is 43.1 Å². The van der Waals surface area contributed by atoms with E-state index in [2.05, 4.69) is 50.4 Å². The topological polar surface area (TPSA) is 42.2 Å². The third kappa shape index (κ3) is 4.63. The van der Waals surface area contributed by atoms with Crippen LogP contribution in [0.3, 0.4) is 0 Å². The Morgan fingerprint density at radius 3 is 2.31 bits per heavy atom. The van der Waals surface area contributed by atoms with Gasteiger partial charge in [-0.2, -0.15) is 0 Å². The first-order valence-electron chi connectivity index (χ1n) is 9.07. The summed E-state index contributed by atoms with van der Waals surface area (Å²) in [6.07, 6.45) is 0.981. The highest BCUT2D eigenvalue weighted by Crippen LogP contribution is 2.23. The summed E-state index contributed by atoms with van der Waals surface area (Å²) in [5.41, 5.74) is 4.37. The van der Waals surface area contributed by atoms with Crippen LogP contribution >= 0.6 is 0 Å². The lowest BCUT2D eigenvalue weighted by molar-refractivity contribution is -0.116. The number of carbonyl (C=O) groups is 1. The molecule has 0 spiro atoms. The van der Waals surface area contributed by atoms with Crippen molar-refractivity contribution in [2.24, 2.45) is 0 Å². The molecule has 0 saturated heterocycles. The zero-order chi connectivity index (χ0) is 18.5. The van der Waals surface area contributed by atoms with Crippen molar-refractivity contribution in [3.63, 3.8) is 0 Å². The molecular weight excluding hydrogens is 322 g/mol. The average Bonchev–Trinajstić information content (AvgIpc) is 3.10. The Kier molecular flexibility index (Phi) is 5.57. The molecule has 1 aromatic heterocycles. The second kappa shape index (κ2) is 8.05. The minimum Gasteiger partial charge on any atom is -0.461 e. The molecule has 0 saturated carbocycles. The van der Waals surface area contributed by atoms with Gasteiger partial charge in [0.2, 0.25) is 5.91 Å². The Labute approximate surface area is 155 Å². The van der Waals surface area contributed by atoms with E-state index in [1.165, 1.54) is 11.1 Å². The summed E-state index contributed by atoms with van der Waals surface area (Å²) < 4.78 is 5.87. The van der Waals surface area contributed by atoms with Crippen LogP contribution in [0, 0.1) is 6.92 Å². The Hall–Kier alpha value is -2.81. The predicted molar refractivity (Wildman–Crippen MR) is 106 cm³/mol. The smallest absolute Gasteiger partial charge is 0.224 e. The van der Waals surface area contributed by atoms with E-state index in [-0.39, 0.29) is 5.91 Å². The van der Waals surface area contributed by atoms with E-state index in [0.29, 0.717) is 18.8 Å². The summed E-state index contributed by atoms with van der Waals surface area (Å²) in [6, 6.07) is 20.1. The fraction of sp³-hybridized carbons (Fsp3) is 0.261. The summed E-state index contributed by atoms with van der Waals surface area (Å²) in [7, 11) is 0. The molecule has 1 heterocycles. The summed E-state index contributed by atoms with van der Waals surface area (Å²) in [5, 5.41) is 2.94. The number of furan rings is 1. The maximum Gasteiger partial charge on any atom is 0.224 e. The van der Waals surface area contributed by atoms with Crippen LogP contribution in [0.4, 0.5) is 5.69 Å². The van der Waals surface area contributed by atoms with Gasteiger partial charge >= 0.3 is 0 Å². The Morgan fingerprint density at radius 2 is 1.65 bits per heavy atom. The van der Waals surface area contributed by atoms with Crippen molar-refractivity contribution in [3.8, 4) is 11.3 Å². The van der Waals surface area contributed by atoms with Crippen LogP contribution in [0.5, 0.6) is 0 Å². The summed E-state index contributed by atoms with van der Waals surface area (Å²) in [4.78, 5) is 12.2. The summed E-state index contributed by atoms with van der Waals surface area (Å²) >= 11 is 0. The normalized spacial score (nSPS) is 10.9. The van der Waals surface area contributed by atoms with Crippen molar-refractivity contribution in [1.82, 2.24) is 0 Å². The van der Waals surface area contributed by atoms with Gasteiger partial charge in [-0.25, -0.2) is 0 Å². The highest BCUT2D eigenvalue weighted by atomic mass is 16.3. The molecule has 1 N–H and O–H groups in total. The van der Waals surface area contributed by atoms with E-state index in [0.717, 1.165) is 22.8 Å². The molecule has 1 amide bonds. The fourth-order valence-corrected chi connectivity index (χ4v) is 2.80. The molecule has 0 aliphatic carbocycles. The summed E-state index contributed by atoms with van der Waals surface area (Å²) in [5.74, 6) is 2.15.